The van der Waals surface area contributed by atoms with Crippen molar-refractivity contribution in [3.8, 4) is 5.75 Å². The molecule has 0 saturated heterocycles. The predicted molar refractivity (Wildman–Crippen MR) is 69.2 cm³/mol. The van der Waals surface area contributed by atoms with Gasteiger partial charge in [0.25, 0.3) is 0 Å². The standard InChI is InChI=1S/C15H11F3O3/c16-15(17,18)11-7-5-10(6-8-11)9-21-13-4-2-1-3-12(13)14(19)20/h1-8H,9H2,(H,19,20). The highest BCUT2D eigenvalue weighted by Gasteiger charge is 2.29. The molecule has 0 bridgehead atoms. The Morgan fingerprint density at radius 3 is 2.24 bits per heavy atom. The van der Waals surface area contributed by atoms with Gasteiger partial charge in [-0.25, -0.2) is 4.79 Å². The van der Waals surface area contributed by atoms with E-state index in [-0.39, 0.29) is 17.9 Å². The molecule has 2 aromatic carbocycles. The van der Waals surface area contributed by atoms with E-state index in [0.717, 1.165) is 12.1 Å². The number of carbonyl (C=O) groups is 1. The van der Waals surface area contributed by atoms with Gasteiger partial charge in [-0.2, -0.15) is 13.2 Å². The van der Waals surface area contributed by atoms with Crippen LogP contribution in [0, 0.1) is 0 Å². The molecule has 6 heteroatoms. The highest BCUT2D eigenvalue weighted by molar-refractivity contribution is 5.90. The topological polar surface area (TPSA) is 46.5 Å². The molecule has 0 aliphatic rings. The zero-order valence-electron chi connectivity index (χ0n) is 10.7. The van der Waals surface area contributed by atoms with E-state index in [0.29, 0.717) is 5.56 Å². The third-order valence-electron chi connectivity index (χ3n) is 2.79. The van der Waals surface area contributed by atoms with E-state index in [4.69, 9.17) is 9.84 Å². The summed E-state index contributed by atoms with van der Waals surface area (Å²) in [5.74, 6) is -0.956. The van der Waals surface area contributed by atoms with Crippen molar-refractivity contribution >= 4 is 5.97 Å². The lowest BCUT2D eigenvalue weighted by Gasteiger charge is -2.10. The maximum Gasteiger partial charge on any atom is 0.416 e. The average Bonchev–Trinajstić information content (AvgIpc) is 2.45. The number of alkyl halides is 3. The van der Waals surface area contributed by atoms with Gasteiger partial charge in [0.1, 0.15) is 17.9 Å². The average molecular weight is 296 g/mol. The van der Waals surface area contributed by atoms with Crippen molar-refractivity contribution in [2.75, 3.05) is 0 Å². The summed E-state index contributed by atoms with van der Waals surface area (Å²) >= 11 is 0. The van der Waals surface area contributed by atoms with Crippen LogP contribution in [0.3, 0.4) is 0 Å². The number of carboxylic acids is 1. The first-order chi connectivity index (χ1) is 9.88. The summed E-state index contributed by atoms with van der Waals surface area (Å²) < 4.78 is 42.6. The normalized spacial score (nSPS) is 11.2. The van der Waals surface area contributed by atoms with Gasteiger partial charge < -0.3 is 9.84 Å². The molecule has 0 fully saturated rings. The van der Waals surface area contributed by atoms with Gasteiger partial charge in [0, 0.05) is 0 Å². The van der Waals surface area contributed by atoms with Crippen molar-refractivity contribution < 1.29 is 27.8 Å². The van der Waals surface area contributed by atoms with Crippen molar-refractivity contribution in [3.63, 3.8) is 0 Å². The van der Waals surface area contributed by atoms with Crippen LogP contribution in [0.4, 0.5) is 13.2 Å². The molecular formula is C15H11F3O3. The van der Waals surface area contributed by atoms with Gasteiger partial charge in [-0.15, -0.1) is 0 Å². The molecule has 2 rings (SSSR count). The van der Waals surface area contributed by atoms with Gasteiger partial charge in [0.15, 0.2) is 0 Å². The zero-order chi connectivity index (χ0) is 15.5. The van der Waals surface area contributed by atoms with Crippen LogP contribution in [0.25, 0.3) is 0 Å². The Balaban J connectivity index is 2.09. The lowest BCUT2D eigenvalue weighted by molar-refractivity contribution is -0.137. The number of benzene rings is 2. The van der Waals surface area contributed by atoms with Crippen LogP contribution < -0.4 is 4.74 Å². The number of para-hydroxylation sites is 1. The molecule has 0 heterocycles. The Kier molecular flexibility index (Phi) is 4.16. The van der Waals surface area contributed by atoms with Crippen LogP contribution in [-0.2, 0) is 12.8 Å². The Labute approximate surface area is 118 Å². The summed E-state index contributed by atoms with van der Waals surface area (Å²) in [6.45, 7) is -0.0115. The van der Waals surface area contributed by atoms with E-state index in [1.165, 1.54) is 24.3 Å². The third kappa shape index (κ3) is 3.75. The Morgan fingerprint density at radius 2 is 1.67 bits per heavy atom. The van der Waals surface area contributed by atoms with Gasteiger partial charge in [0.05, 0.1) is 5.56 Å². The van der Waals surface area contributed by atoms with Crippen molar-refractivity contribution in [3.05, 3.63) is 65.2 Å². The molecule has 0 atom stereocenters. The van der Waals surface area contributed by atoms with Crippen LogP contribution in [0.5, 0.6) is 5.75 Å². The second-order valence-corrected chi connectivity index (χ2v) is 4.28. The number of aromatic carboxylic acids is 1. The van der Waals surface area contributed by atoms with Crippen LogP contribution in [0.1, 0.15) is 21.5 Å². The molecule has 1 N–H and O–H groups in total. The lowest BCUT2D eigenvalue weighted by atomic mass is 10.1. The first kappa shape index (κ1) is 14.9. The fraction of sp³-hybridized carbons (Fsp3) is 0.133. The van der Waals surface area contributed by atoms with Gasteiger partial charge in [-0.05, 0) is 29.8 Å². The van der Waals surface area contributed by atoms with E-state index in [9.17, 15) is 18.0 Å². The minimum absolute atomic E-state index is 0.00408. The number of hydrogen-bond donors (Lipinski definition) is 1. The second-order valence-electron chi connectivity index (χ2n) is 4.28. The summed E-state index contributed by atoms with van der Waals surface area (Å²) in [6, 6.07) is 10.6. The predicted octanol–water partition coefficient (Wildman–Crippen LogP) is 3.98. The van der Waals surface area contributed by atoms with E-state index in [2.05, 4.69) is 0 Å². The van der Waals surface area contributed by atoms with Crippen LogP contribution >= 0.6 is 0 Å². The highest BCUT2D eigenvalue weighted by Crippen LogP contribution is 2.29. The van der Waals surface area contributed by atoms with Crippen molar-refractivity contribution in [1.82, 2.24) is 0 Å². The van der Waals surface area contributed by atoms with E-state index in [1.54, 1.807) is 12.1 Å². The second kappa shape index (κ2) is 5.87. The molecule has 0 aliphatic heterocycles. The zero-order valence-corrected chi connectivity index (χ0v) is 10.7. The van der Waals surface area contributed by atoms with Gasteiger partial charge in [0.2, 0.25) is 0 Å². The number of halogens is 3. The number of carboxylic acid groups (broad SMARTS) is 1. The Hall–Kier alpha value is -2.50. The van der Waals surface area contributed by atoms with Gasteiger partial charge in [-0.1, -0.05) is 24.3 Å². The smallest absolute Gasteiger partial charge is 0.416 e. The van der Waals surface area contributed by atoms with Crippen molar-refractivity contribution in [1.29, 1.82) is 0 Å². The summed E-state index contributed by atoms with van der Waals surface area (Å²) in [7, 11) is 0. The Morgan fingerprint density at radius 1 is 1.05 bits per heavy atom. The van der Waals surface area contributed by atoms with Gasteiger partial charge >= 0.3 is 12.1 Å². The highest BCUT2D eigenvalue weighted by atomic mass is 19.4. The number of hydrogen-bond acceptors (Lipinski definition) is 2. The number of ether oxygens (including phenoxy) is 1. The molecule has 2 aromatic rings. The molecule has 0 aromatic heterocycles. The molecule has 0 radical (unpaired) electrons. The summed E-state index contributed by atoms with van der Waals surface area (Å²) in [6.07, 6.45) is -4.38. The minimum Gasteiger partial charge on any atom is -0.488 e. The summed E-state index contributed by atoms with van der Waals surface area (Å²) in [5.41, 5.74) is -0.218. The van der Waals surface area contributed by atoms with Crippen LogP contribution in [-0.4, -0.2) is 11.1 Å². The molecular weight excluding hydrogens is 285 g/mol. The molecule has 0 aliphatic carbocycles. The quantitative estimate of drug-likeness (QED) is 0.928. The summed E-state index contributed by atoms with van der Waals surface area (Å²) in [5, 5.41) is 8.98. The monoisotopic (exact) mass is 296 g/mol. The van der Waals surface area contributed by atoms with E-state index in [1.807, 2.05) is 0 Å². The van der Waals surface area contributed by atoms with Crippen molar-refractivity contribution in [2.45, 2.75) is 12.8 Å². The maximum atomic E-state index is 12.4. The van der Waals surface area contributed by atoms with Crippen molar-refractivity contribution in [2.24, 2.45) is 0 Å². The van der Waals surface area contributed by atoms with Crippen LogP contribution in [0.2, 0.25) is 0 Å². The fourth-order valence-electron chi connectivity index (χ4n) is 1.72. The molecule has 0 spiro atoms. The molecule has 0 unspecified atom stereocenters. The summed E-state index contributed by atoms with van der Waals surface area (Å²) in [4.78, 5) is 11.0. The minimum atomic E-state index is -4.38. The lowest BCUT2D eigenvalue weighted by Crippen LogP contribution is -2.06. The first-order valence-electron chi connectivity index (χ1n) is 5.99. The molecule has 110 valence electrons. The first-order valence-corrected chi connectivity index (χ1v) is 5.99. The maximum absolute atomic E-state index is 12.4. The number of rotatable bonds is 4. The van der Waals surface area contributed by atoms with Crippen LogP contribution in [0.15, 0.2) is 48.5 Å². The van der Waals surface area contributed by atoms with E-state index >= 15 is 0 Å². The molecule has 3 nitrogen and oxygen atoms in total. The van der Waals surface area contributed by atoms with E-state index < -0.39 is 17.7 Å². The third-order valence-corrected chi connectivity index (χ3v) is 2.79. The molecule has 0 amide bonds. The van der Waals surface area contributed by atoms with Gasteiger partial charge in [-0.3, -0.25) is 0 Å². The fourth-order valence-corrected chi connectivity index (χ4v) is 1.72. The largest absolute Gasteiger partial charge is 0.488 e. The molecule has 21 heavy (non-hydrogen) atoms. The SMILES string of the molecule is O=C(O)c1ccccc1OCc1ccc(C(F)(F)F)cc1. The Bertz CT molecular complexity index is 633. The molecule has 0 saturated carbocycles.